The largest absolute Gasteiger partial charge is 0.322 e. The van der Waals surface area contributed by atoms with Crippen molar-refractivity contribution in [3.05, 3.63) is 53.2 Å². The average molecular weight is 270 g/mol. The van der Waals surface area contributed by atoms with Crippen LogP contribution < -0.4 is 16.6 Å². The number of hydrazine groups is 1. The minimum Gasteiger partial charge on any atom is -0.322 e. The van der Waals surface area contributed by atoms with Crippen molar-refractivity contribution in [2.75, 3.05) is 10.7 Å². The van der Waals surface area contributed by atoms with E-state index in [2.05, 4.69) is 15.7 Å². The molecule has 0 fully saturated rings. The van der Waals surface area contributed by atoms with Crippen molar-refractivity contribution in [3.8, 4) is 0 Å². The minimum atomic E-state index is -0.178. The van der Waals surface area contributed by atoms with Crippen LogP contribution >= 0.6 is 0 Å². The second-order valence-electron chi connectivity index (χ2n) is 4.55. The van der Waals surface area contributed by atoms with E-state index >= 15 is 0 Å². The molecule has 5 nitrogen and oxygen atoms in total. The zero-order valence-electron chi connectivity index (χ0n) is 11.6. The molecule has 1 amide bonds. The van der Waals surface area contributed by atoms with E-state index in [4.69, 9.17) is 5.84 Å². The van der Waals surface area contributed by atoms with Crippen LogP contribution in [0.3, 0.4) is 0 Å². The molecule has 0 unspecified atom stereocenters. The van der Waals surface area contributed by atoms with Gasteiger partial charge in [-0.25, -0.2) is 10.8 Å². The Bertz CT molecular complexity index is 586. The zero-order valence-corrected chi connectivity index (χ0v) is 11.6. The van der Waals surface area contributed by atoms with Gasteiger partial charge in [0.2, 0.25) is 0 Å². The van der Waals surface area contributed by atoms with Crippen molar-refractivity contribution in [1.29, 1.82) is 0 Å². The van der Waals surface area contributed by atoms with Crippen LogP contribution in [0.5, 0.6) is 0 Å². The summed E-state index contributed by atoms with van der Waals surface area (Å²) in [6.45, 7) is 3.98. The fourth-order valence-electron chi connectivity index (χ4n) is 1.81. The molecule has 0 saturated carbocycles. The number of carbonyl (C=O) groups excluding carboxylic acids is 1. The van der Waals surface area contributed by atoms with Crippen LogP contribution in [-0.4, -0.2) is 10.9 Å². The number of pyridine rings is 1. The molecule has 0 bridgehead atoms. The number of nitrogen functional groups attached to an aromatic ring is 1. The van der Waals surface area contributed by atoms with Gasteiger partial charge in [0, 0.05) is 16.9 Å². The van der Waals surface area contributed by atoms with E-state index in [9.17, 15) is 4.79 Å². The Hall–Kier alpha value is -2.40. The molecule has 0 saturated heterocycles. The lowest BCUT2D eigenvalue weighted by molar-refractivity contribution is 0.102. The van der Waals surface area contributed by atoms with E-state index in [1.165, 1.54) is 0 Å². The molecule has 4 N–H and O–H groups in total. The number of carbonyl (C=O) groups is 1. The summed E-state index contributed by atoms with van der Waals surface area (Å²) in [5.74, 6) is 5.67. The quantitative estimate of drug-likeness (QED) is 0.589. The molecule has 0 radical (unpaired) electrons. The number of anilines is 2. The summed E-state index contributed by atoms with van der Waals surface area (Å²) in [6.07, 6.45) is 0.736. The minimum absolute atomic E-state index is 0.178. The Morgan fingerprint density at radius 1 is 1.25 bits per heavy atom. The number of aromatic nitrogens is 1. The molecule has 104 valence electrons. The van der Waals surface area contributed by atoms with E-state index in [-0.39, 0.29) is 5.91 Å². The summed E-state index contributed by atoms with van der Waals surface area (Å²) >= 11 is 0. The van der Waals surface area contributed by atoms with Gasteiger partial charge in [0.1, 0.15) is 5.82 Å². The number of aryl methyl sites for hydroxylation is 2. The van der Waals surface area contributed by atoms with Gasteiger partial charge >= 0.3 is 0 Å². The van der Waals surface area contributed by atoms with Gasteiger partial charge in [0.05, 0.1) is 0 Å². The van der Waals surface area contributed by atoms with Crippen LogP contribution in [0.1, 0.15) is 28.5 Å². The maximum Gasteiger partial charge on any atom is 0.255 e. The Morgan fingerprint density at radius 2 is 1.95 bits per heavy atom. The predicted octanol–water partition coefficient (Wildman–Crippen LogP) is 2.49. The molecule has 0 aliphatic rings. The molecule has 1 aromatic heterocycles. The van der Waals surface area contributed by atoms with E-state index < -0.39 is 0 Å². The number of hydrogen-bond donors (Lipinski definition) is 3. The first-order valence-electron chi connectivity index (χ1n) is 6.48. The van der Waals surface area contributed by atoms with Crippen molar-refractivity contribution in [2.24, 2.45) is 5.84 Å². The van der Waals surface area contributed by atoms with Crippen LogP contribution in [0.4, 0.5) is 11.5 Å². The van der Waals surface area contributed by atoms with Crippen molar-refractivity contribution < 1.29 is 4.79 Å². The molecule has 2 rings (SSSR count). The van der Waals surface area contributed by atoms with Gasteiger partial charge < -0.3 is 10.7 Å². The second-order valence-corrected chi connectivity index (χ2v) is 4.55. The molecule has 1 heterocycles. The first kappa shape index (κ1) is 14.0. The molecular weight excluding hydrogens is 252 g/mol. The third-order valence-corrected chi connectivity index (χ3v) is 2.96. The summed E-state index contributed by atoms with van der Waals surface area (Å²) in [4.78, 5) is 16.5. The topological polar surface area (TPSA) is 80.0 Å². The van der Waals surface area contributed by atoms with Crippen LogP contribution in [0.25, 0.3) is 0 Å². The van der Waals surface area contributed by atoms with E-state index in [1.807, 2.05) is 38.1 Å². The number of rotatable bonds is 4. The molecule has 2 aromatic rings. The molecule has 1 aromatic carbocycles. The summed E-state index contributed by atoms with van der Waals surface area (Å²) in [5, 5.41) is 2.85. The van der Waals surface area contributed by atoms with E-state index in [0.29, 0.717) is 11.4 Å². The van der Waals surface area contributed by atoms with Gasteiger partial charge in [-0.3, -0.25) is 4.79 Å². The van der Waals surface area contributed by atoms with Gasteiger partial charge in [-0.05, 0) is 37.6 Å². The Morgan fingerprint density at radius 3 is 2.55 bits per heavy atom. The van der Waals surface area contributed by atoms with Crippen molar-refractivity contribution in [1.82, 2.24) is 4.98 Å². The fourth-order valence-corrected chi connectivity index (χ4v) is 1.81. The monoisotopic (exact) mass is 270 g/mol. The van der Waals surface area contributed by atoms with Gasteiger partial charge in [0.15, 0.2) is 0 Å². The number of benzene rings is 1. The normalized spacial score (nSPS) is 10.2. The zero-order chi connectivity index (χ0) is 14.5. The molecule has 5 heteroatoms. The SMILES string of the molecule is CCc1cc(C(=O)Nc2ccc(C)cc2)cc(NN)n1. The molecule has 20 heavy (non-hydrogen) atoms. The molecule has 0 aliphatic heterocycles. The number of hydrogen-bond acceptors (Lipinski definition) is 4. The van der Waals surface area contributed by atoms with Crippen LogP contribution in [0.15, 0.2) is 36.4 Å². The Balaban J connectivity index is 2.22. The number of nitrogens with two attached hydrogens (primary N) is 1. The highest BCUT2D eigenvalue weighted by Crippen LogP contribution is 2.14. The average Bonchev–Trinajstić information content (AvgIpc) is 2.48. The van der Waals surface area contributed by atoms with Crippen molar-refractivity contribution in [3.63, 3.8) is 0 Å². The lowest BCUT2D eigenvalue weighted by Crippen LogP contribution is -2.15. The first-order chi connectivity index (χ1) is 9.62. The maximum atomic E-state index is 12.2. The highest BCUT2D eigenvalue weighted by atomic mass is 16.1. The molecule has 0 aliphatic carbocycles. The predicted molar refractivity (Wildman–Crippen MR) is 80.6 cm³/mol. The standard InChI is InChI=1S/C15H18N4O/c1-3-12-8-11(9-14(17-12)19-16)15(20)18-13-6-4-10(2)5-7-13/h4-9H,3,16H2,1-2H3,(H,17,19)(H,18,20). The summed E-state index contributed by atoms with van der Waals surface area (Å²) in [7, 11) is 0. The number of amides is 1. The molecule has 0 spiro atoms. The van der Waals surface area contributed by atoms with Crippen LogP contribution in [-0.2, 0) is 6.42 Å². The lowest BCUT2D eigenvalue weighted by atomic mass is 10.1. The lowest BCUT2D eigenvalue weighted by Gasteiger charge is -2.09. The number of nitrogens with zero attached hydrogens (tertiary/aromatic N) is 1. The van der Waals surface area contributed by atoms with Crippen molar-refractivity contribution >= 4 is 17.4 Å². The molecular formula is C15H18N4O. The maximum absolute atomic E-state index is 12.2. The van der Waals surface area contributed by atoms with Gasteiger partial charge in [-0.2, -0.15) is 0 Å². The number of nitrogens with one attached hydrogen (secondary N) is 2. The molecule has 0 atom stereocenters. The summed E-state index contributed by atoms with van der Waals surface area (Å²) in [5.41, 5.74) is 5.73. The first-order valence-corrected chi connectivity index (χ1v) is 6.48. The van der Waals surface area contributed by atoms with Crippen molar-refractivity contribution in [2.45, 2.75) is 20.3 Å². The third kappa shape index (κ3) is 3.33. The third-order valence-electron chi connectivity index (χ3n) is 2.96. The highest BCUT2D eigenvalue weighted by Gasteiger charge is 2.09. The van der Waals surface area contributed by atoms with Gasteiger partial charge in [-0.1, -0.05) is 24.6 Å². The Labute approximate surface area is 118 Å². The van der Waals surface area contributed by atoms with Gasteiger partial charge in [0.25, 0.3) is 5.91 Å². The second kappa shape index (κ2) is 6.16. The van der Waals surface area contributed by atoms with Crippen LogP contribution in [0.2, 0.25) is 0 Å². The van der Waals surface area contributed by atoms with E-state index in [0.717, 1.165) is 23.4 Å². The van der Waals surface area contributed by atoms with Crippen LogP contribution in [0, 0.1) is 6.92 Å². The smallest absolute Gasteiger partial charge is 0.255 e. The van der Waals surface area contributed by atoms with Gasteiger partial charge in [-0.15, -0.1) is 0 Å². The summed E-state index contributed by atoms with van der Waals surface area (Å²) in [6, 6.07) is 11.0. The highest BCUT2D eigenvalue weighted by molar-refractivity contribution is 6.04. The fraction of sp³-hybridized carbons (Fsp3) is 0.200. The summed E-state index contributed by atoms with van der Waals surface area (Å²) < 4.78 is 0. The van der Waals surface area contributed by atoms with E-state index in [1.54, 1.807) is 12.1 Å². The Kier molecular flexibility index (Phi) is 4.32.